The number of hydrogen-bond acceptors (Lipinski definition) is 3. The third-order valence-corrected chi connectivity index (χ3v) is 5.44. The first-order chi connectivity index (χ1) is 9.73. The summed E-state index contributed by atoms with van der Waals surface area (Å²) in [5.41, 5.74) is 1.58. The highest BCUT2D eigenvalue weighted by molar-refractivity contribution is 5.72. The number of oxime groups is 1. The van der Waals surface area contributed by atoms with Gasteiger partial charge in [-0.15, -0.1) is 0 Å². The zero-order chi connectivity index (χ0) is 14.0. The van der Waals surface area contributed by atoms with Crippen LogP contribution in [0.4, 0.5) is 0 Å². The lowest BCUT2D eigenvalue weighted by molar-refractivity contribution is -0.0181. The average Bonchev–Trinajstić information content (AvgIpc) is 2.40. The van der Waals surface area contributed by atoms with Crippen molar-refractivity contribution >= 4 is 6.21 Å². The van der Waals surface area contributed by atoms with Gasteiger partial charge in [-0.2, -0.15) is 0 Å². The van der Waals surface area contributed by atoms with Gasteiger partial charge in [0.25, 0.3) is 0 Å². The highest BCUT2D eigenvalue weighted by atomic mass is 16.4. The van der Waals surface area contributed by atoms with Crippen LogP contribution in [-0.4, -0.2) is 23.5 Å². The molecular formula is C17H26N2O. The van der Waals surface area contributed by atoms with Gasteiger partial charge in [0.15, 0.2) is 0 Å². The number of hydrogen-bond donors (Lipinski definition) is 2. The van der Waals surface area contributed by atoms with E-state index < -0.39 is 0 Å². The molecule has 0 amide bonds. The molecule has 0 saturated heterocycles. The minimum Gasteiger partial charge on any atom is -0.411 e. The van der Waals surface area contributed by atoms with Crippen molar-refractivity contribution in [3.05, 3.63) is 23.8 Å². The van der Waals surface area contributed by atoms with E-state index in [0.717, 1.165) is 24.3 Å². The molecule has 0 aromatic heterocycles. The SMILES string of the molecule is C\C=C/C(=C\C=N\O)CNC12CC3CC(CC(C3)C1)C2. The number of rotatable bonds is 5. The Hall–Kier alpha value is -1.09. The largest absolute Gasteiger partial charge is 0.411 e. The van der Waals surface area contributed by atoms with Gasteiger partial charge in [-0.05, 0) is 74.9 Å². The number of allylic oxidation sites excluding steroid dienone is 2. The van der Waals surface area contributed by atoms with Crippen LogP contribution in [0.15, 0.2) is 29.0 Å². The number of nitrogens with zero attached hydrogens (tertiary/aromatic N) is 1. The van der Waals surface area contributed by atoms with E-state index in [0.29, 0.717) is 5.54 Å². The van der Waals surface area contributed by atoms with E-state index >= 15 is 0 Å². The Morgan fingerprint density at radius 2 is 1.80 bits per heavy atom. The maximum absolute atomic E-state index is 8.56. The van der Waals surface area contributed by atoms with Crippen LogP contribution in [0.25, 0.3) is 0 Å². The van der Waals surface area contributed by atoms with Crippen LogP contribution in [0.5, 0.6) is 0 Å². The van der Waals surface area contributed by atoms with Gasteiger partial charge >= 0.3 is 0 Å². The van der Waals surface area contributed by atoms with Crippen molar-refractivity contribution in [1.29, 1.82) is 0 Å². The fourth-order valence-corrected chi connectivity index (χ4v) is 5.13. The Kier molecular flexibility index (Phi) is 3.97. The van der Waals surface area contributed by atoms with Crippen LogP contribution in [-0.2, 0) is 0 Å². The molecule has 4 aliphatic rings. The summed E-state index contributed by atoms with van der Waals surface area (Å²) in [4.78, 5) is 0. The Morgan fingerprint density at radius 3 is 2.30 bits per heavy atom. The van der Waals surface area contributed by atoms with Gasteiger partial charge in [0.2, 0.25) is 0 Å². The van der Waals surface area contributed by atoms with E-state index in [1.54, 1.807) is 0 Å². The molecule has 20 heavy (non-hydrogen) atoms. The van der Waals surface area contributed by atoms with Crippen LogP contribution in [0.2, 0.25) is 0 Å². The van der Waals surface area contributed by atoms with E-state index in [1.807, 2.05) is 19.1 Å². The molecule has 0 atom stereocenters. The highest BCUT2D eigenvalue weighted by Gasteiger charge is 2.50. The molecule has 4 bridgehead atoms. The molecule has 0 aromatic rings. The zero-order valence-electron chi connectivity index (χ0n) is 12.4. The van der Waals surface area contributed by atoms with Gasteiger partial charge in [-0.1, -0.05) is 17.3 Å². The smallest absolute Gasteiger partial charge is 0.0664 e. The normalized spacial score (nSPS) is 40.2. The lowest BCUT2D eigenvalue weighted by Gasteiger charge is -2.57. The summed E-state index contributed by atoms with van der Waals surface area (Å²) in [6.07, 6.45) is 16.0. The fraction of sp³-hybridized carbons (Fsp3) is 0.706. The van der Waals surface area contributed by atoms with Crippen molar-refractivity contribution in [3.8, 4) is 0 Å². The van der Waals surface area contributed by atoms with Crippen LogP contribution in [0, 0.1) is 17.8 Å². The van der Waals surface area contributed by atoms with Crippen molar-refractivity contribution in [2.24, 2.45) is 22.9 Å². The maximum Gasteiger partial charge on any atom is 0.0664 e. The molecule has 4 fully saturated rings. The van der Waals surface area contributed by atoms with Gasteiger partial charge in [-0.25, -0.2) is 0 Å². The van der Waals surface area contributed by atoms with Crippen LogP contribution in [0.1, 0.15) is 45.4 Å². The molecule has 110 valence electrons. The van der Waals surface area contributed by atoms with E-state index in [1.165, 1.54) is 50.3 Å². The summed E-state index contributed by atoms with van der Waals surface area (Å²) in [5.74, 6) is 2.92. The predicted octanol–water partition coefficient (Wildman–Crippen LogP) is 3.51. The molecule has 0 heterocycles. The summed E-state index contributed by atoms with van der Waals surface area (Å²) < 4.78 is 0. The molecule has 0 spiro atoms. The fourth-order valence-electron chi connectivity index (χ4n) is 5.13. The Labute approximate surface area is 121 Å². The standard InChI is InChI=1S/C17H26N2O/c1-2-3-13(4-5-19-20)12-18-17-9-14-6-15(10-17)8-16(7-14)11-17/h2-5,14-16,18,20H,6-12H2,1H3/b3-2-,13-4+,19-5+. The highest BCUT2D eigenvalue weighted by Crippen LogP contribution is 2.55. The molecule has 4 aliphatic carbocycles. The molecule has 4 saturated carbocycles. The third-order valence-electron chi connectivity index (χ3n) is 5.44. The van der Waals surface area contributed by atoms with Gasteiger partial charge in [-0.3, -0.25) is 0 Å². The molecule has 0 radical (unpaired) electrons. The van der Waals surface area contributed by atoms with Gasteiger partial charge in [0.1, 0.15) is 0 Å². The van der Waals surface area contributed by atoms with Gasteiger partial charge < -0.3 is 10.5 Å². The maximum atomic E-state index is 8.56. The van der Waals surface area contributed by atoms with Crippen LogP contribution in [0.3, 0.4) is 0 Å². The van der Waals surface area contributed by atoms with E-state index in [4.69, 9.17) is 5.21 Å². The number of nitrogens with one attached hydrogen (secondary N) is 1. The molecule has 3 nitrogen and oxygen atoms in total. The topological polar surface area (TPSA) is 44.6 Å². The Morgan fingerprint density at radius 1 is 1.20 bits per heavy atom. The van der Waals surface area contributed by atoms with Crippen molar-refractivity contribution < 1.29 is 5.21 Å². The monoisotopic (exact) mass is 274 g/mol. The van der Waals surface area contributed by atoms with Crippen molar-refractivity contribution in [2.45, 2.75) is 51.0 Å². The van der Waals surface area contributed by atoms with Crippen molar-refractivity contribution in [3.63, 3.8) is 0 Å². The van der Waals surface area contributed by atoms with Gasteiger partial charge in [0.05, 0.1) is 6.21 Å². The summed E-state index contributed by atoms with van der Waals surface area (Å²) >= 11 is 0. The molecule has 4 rings (SSSR count). The minimum atomic E-state index is 0.395. The summed E-state index contributed by atoms with van der Waals surface area (Å²) in [5, 5.41) is 15.5. The third kappa shape index (κ3) is 2.83. The lowest BCUT2D eigenvalue weighted by Crippen LogP contribution is -2.58. The second kappa shape index (κ2) is 5.72. The van der Waals surface area contributed by atoms with Crippen molar-refractivity contribution in [1.82, 2.24) is 5.32 Å². The summed E-state index contributed by atoms with van der Waals surface area (Å²) in [6, 6.07) is 0. The first-order valence-electron chi connectivity index (χ1n) is 7.97. The van der Waals surface area contributed by atoms with Crippen LogP contribution >= 0.6 is 0 Å². The minimum absolute atomic E-state index is 0.395. The Bertz CT molecular complexity index is 401. The first-order valence-corrected chi connectivity index (χ1v) is 7.97. The second-order valence-corrected chi connectivity index (χ2v) is 7.06. The molecule has 0 aromatic carbocycles. The first kappa shape index (κ1) is 13.9. The predicted molar refractivity (Wildman–Crippen MR) is 82.1 cm³/mol. The molecule has 0 aliphatic heterocycles. The zero-order valence-corrected chi connectivity index (χ0v) is 12.4. The average molecular weight is 274 g/mol. The molecule has 2 N–H and O–H groups in total. The molecular weight excluding hydrogens is 248 g/mol. The summed E-state index contributed by atoms with van der Waals surface area (Å²) in [6.45, 7) is 2.90. The molecule has 3 heteroatoms. The van der Waals surface area contributed by atoms with Crippen molar-refractivity contribution in [2.75, 3.05) is 6.54 Å². The second-order valence-electron chi connectivity index (χ2n) is 7.06. The summed E-state index contributed by atoms with van der Waals surface area (Å²) in [7, 11) is 0. The lowest BCUT2D eigenvalue weighted by atomic mass is 9.53. The molecule has 0 unspecified atom stereocenters. The quantitative estimate of drug-likeness (QED) is 0.349. The van der Waals surface area contributed by atoms with E-state index in [-0.39, 0.29) is 0 Å². The Balaban J connectivity index is 1.65. The van der Waals surface area contributed by atoms with Gasteiger partial charge in [0, 0.05) is 12.1 Å². The van der Waals surface area contributed by atoms with E-state index in [9.17, 15) is 0 Å². The van der Waals surface area contributed by atoms with E-state index in [2.05, 4.69) is 16.5 Å². The van der Waals surface area contributed by atoms with Crippen LogP contribution < -0.4 is 5.32 Å².